The second kappa shape index (κ2) is 10.3. The summed E-state index contributed by atoms with van der Waals surface area (Å²) < 4.78 is 2.14. The van der Waals surface area contributed by atoms with E-state index in [1.54, 1.807) is 0 Å². The first kappa shape index (κ1) is 21.3. The molecule has 2 aromatic rings. The van der Waals surface area contributed by atoms with Crippen LogP contribution in [0.15, 0.2) is 47.6 Å². The third-order valence-corrected chi connectivity index (χ3v) is 3.99. The first-order valence-electron chi connectivity index (χ1n) is 8.37. The van der Waals surface area contributed by atoms with Gasteiger partial charge >= 0.3 is 0 Å². The molecule has 0 atom stereocenters. The minimum atomic E-state index is 0. The number of aryl methyl sites for hydroxylation is 1. The minimum Gasteiger partial charge on any atom is -0.378 e. The van der Waals surface area contributed by atoms with E-state index in [-0.39, 0.29) is 24.0 Å². The Bertz CT molecular complexity index is 678. The van der Waals surface area contributed by atoms with E-state index >= 15 is 0 Å². The summed E-state index contributed by atoms with van der Waals surface area (Å²) in [6, 6.07) is 12.7. The van der Waals surface area contributed by atoms with Gasteiger partial charge in [0.2, 0.25) is 0 Å². The van der Waals surface area contributed by atoms with Crippen LogP contribution in [0.3, 0.4) is 0 Å². The molecule has 0 aliphatic carbocycles. The molecule has 0 radical (unpaired) electrons. The molecule has 5 nitrogen and oxygen atoms in total. The Hall–Kier alpha value is -1.70. The number of benzene rings is 1. The van der Waals surface area contributed by atoms with E-state index in [2.05, 4.69) is 97.4 Å². The van der Waals surface area contributed by atoms with Crippen LogP contribution in [0.5, 0.6) is 0 Å². The van der Waals surface area contributed by atoms with Crippen LogP contribution in [0.1, 0.15) is 18.2 Å². The van der Waals surface area contributed by atoms with Crippen LogP contribution in [0.2, 0.25) is 0 Å². The van der Waals surface area contributed by atoms with Gasteiger partial charge in [0.05, 0.1) is 13.1 Å². The van der Waals surface area contributed by atoms with Crippen molar-refractivity contribution in [3.63, 3.8) is 0 Å². The first-order valence-corrected chi connectivity index (χ1v) is 8.37. The number of rotatable bonds is 6. The van der Waals surface area contributed by atoms with Crippen LogP contribution >= 0.6 is 24.0 Å². The van der Waals surface area contributed by atoms with Crippen LogP contribution in [-0.4, -0.2) is 43.1 Å². The molecule has 138 valence electrons. The summed E-state index contributed by atoms with van der Waals surface area (Å²) in [5.74, 6) is 0.925. The van der Waals surface area contributed by atoms with Crippen molar-refractivity contribution in [3.8, 4) is 0 Å². The van der Waals surface area contributed by atoms with E-state index in [0.717, 1.165) is 19.0 Å². The molecule has 1 heterocycles. The number of nitrogens with zero attached hydrogens (tertiary/aromatic N) is 4. The maximum absolute atomic E-state index is 4.80. The summed E-state index contributed by atoms with van der Waals surface area (Å²) in [5, 5.41) is 3.38. The molecule has 1 aromatic heterocycles. The van der Waals surface area contributed by atoms with Gasteiger partial charge in [-0.3, -0.25) is 0 Å². The van der Waals surface area contributed by atoms with E-state index in [4.69, 9.17) is 4.99 Å². The van der Waals surface area contributed by atoms with E-state index in [9.17, 15) is 0 Å². The van der Waals surface area contributed by atoms with Gasteiger partial charge in [-0.1, -0.05) is 12.1 Å². The lowest BCUT2D eigenvalue weighted by atomic mass is 10.2. The zero-order valence-electron chi connectivity index (χ0n) is 15.9. The number of guanidine groups is 1. The van der Waals surface area contributed by atoms with Gasteiger partial charge in [0.25, 0.3) is 0 Å². The van der Waals surface area contributed by atoms with Crippen molar-refractivity contribution in [3.05, 3.63) is 53.9 Å². The maximum Gasteiger partial charge on any atom is 0.194 e. The molecule has 25 heavy (non-hydrogen) atoms. The topological polar surface area (TPSA) is 35.8 Å². The summed E-state index contributed by atoms with van der Waals surface area (Å²) in [4.78, 5) is 9.07. The fraction of sp³-hybridized carbons (Fsp3) is 0.421. The predicted octanol–water partition coefficient (Wildman–Crippen LogP) is 3.31. The van der Waals surface area contributed by atoms with Crippen molar-refractivity contribution in [1.29, 1.82) is 0 Å². The Morgan fingerprint density at radius 1 is 1.16 bits per heavy atom. The second-order valence-electron chi connectivity index (χ2n) is 6.20. The molecule has 0 aliphatic heterocycles. The van der Waals surface area contributed by atoms with Gasteiger partial charge in [0, 0.05) is 52.3 Å². The van der Waals surface area contributed by atoms with Gasteiger partial charge in [-0.05, 0) is 36.8 Å². The van der Waals surface area contributed by atoms with Crippen LogP contribution in [0.4, 0.5) is 5.69 Å². The average Bonchev–Trinajstić information content (AvgIpc) is 2.96. The summed E-state index contributed by atoms with van der Waals surface area (Å²) in [5.41, 5.74) is 3.67. The quantitative estimate of drug-likeness (QED) is 0.413. The molecule has 2 rings (SSSR count). The lowest BCUT2D eigenvalue weighted by Crippen LogP contribution is -2.38. The highest BCUT2D eigenvalue weighted by Gasteiger charge is 2.08. The largest absolute Gasteiger partial charge is 0.378 e. The standard InChI is InChI=1S/C19H29N5.HI/c1-6-20-19(24(5)15-18-11-8-12-23(18)4)21-14-16-9-7-10-17(13-16)22(2)3;/h7-13H,6,14-15H2,1-5H3,(H,20,21);1H. The number of aromatic nitrogens is 1. The summed E-state index contributed by atoms with van der Waals surface area (Å²) in [6.07, 6.45) is 2.07. The van der Waals surface area contributed by atoms with Gasteiger partial charge in [-0.2, -0.15) is 0 Å². The van der Waals surface area contributed by atoms with Crippen LogP contribution in [-0.2, 0) is 20.1 Å². The number of aliphatic imine (C=N–C) groups is 1. The lowest BCUT2D eigenvalue weighted by Gasteiger charge is -2.22. The molecular formula is C19H30IN5. The van der Waals surface area contributed by atoms with E-state index in [1.165, 1.54) is 16.9 Å². The Kier molecular flexibility index (Phi) is 8.82. The molecule has 0 saturated heterocycles. The van der Waals surface area contributed by atoms with Gasteiger partial charge < -0.3 is 19.7 Å². The molecule has 0 aliphatic rings. The SMILES string of the molecule is CCNC(=NCc1cccc(N(C)C)c1)N(C)Cc1cccn1C.I. The van der Waals surface area contributed by atoms with Gasteiger partial charge in [-0.15, -0.1) is 24.0 Å². The number of nitrogens with one attached hydrogen (secondary N) is 1. The molecule has 0 unspecified atom stereocenters. The number of anilines is 1. The van der Waals surface area contributed by atoms with Gasteiger partial charge in [0.15, 0.2) is 5.96 Å². The van der Waals surface area contributed by atoms with E-state index in [1.807, 2.05) is 0 Å². The zero-order chi connectivity index (χ0) is 17.5. The Morgan fingerprint density at radius 2 is 1.92 bits per heavy atom. The van der Waals surface area contributed by atoms with Crippen LogP contribution < -0.4 is 10.2 Å². The second-order valence-corrected chi connectivity index (χ2v) is 6.20. The summed E-state index contributed by atoms with van der Waals surface area (Å²) in [7, 11) is 8.25. The molecule has 6 heteroatoms. The number of hydrogen-bond donors (Lipinski definition) is 1. The predicted molar refractivity (Wildman–Crippen MR) is 118 cm³/mol. The van der Waals surface area contributed by atoms with Crippen molar-refractivity contribution < 1.29 is 0 Å². The zero-order valence-corrected chi connectivity index (χ0v) is 18.2. The Labute approximate surface area is 168 Å². The third-order valence-electron chi connectivity index (χ3n) is 3.99. The van der Waals surface area contributed by atoms with Crippen molar-refractivity contribution in [1.82, 2.24) is 14.8 Å². The molecule has 1 aromatic carbocycles. The van der Waals surface area contributed by atoms with Crippen molar-refractivity contribution >= 4 is 35.6 Å². The van der Waals surface area contributed by atoms with Crippen molar-refractivity contribution in [2.45, 2.75) is 20.0 Å². The molecule has 1 N–H and O–H groups in total. The molecule has 0 spiro atoms. The maximum atomic E-state index is 4.80. The molecule has 0 amide bonds. The molecule has 0 saturated carbocycles. The highest BCUT2D eigenvalue weighted by Crippen LogP contribution is 2.14. The Morgan fingerprint density at radius 3 is 2.52 bits per heavy atom. The van der Waals surface area contributed by atoms with E-state index in [0.29, 0.717) is 6.54 Å². The normalized spacial score (nSPS) is 11.0. The average molecular weight is 455 g/mol. The van der Waals surface area contributed by atoms with Gasteiger partial charge in [0.1, 0.15) is 0 Å². The summed E-state index contributed by atoms with van der Waals surface area (Å²) in [6.45, 7) is 4.45. The van der Waals surface area contributed by atoms with Crippen molar-refractivity contribution in [2.75, 3.05) is 32.6 Å². The molecule has 0 bridgehead atoms. The van der Waals surface area contributed by atoms with Crippen LogP contribution in [0, 0.1) is 0 Å². The highest BCUT2D eigenvalue weighted by molar-refractivity contribution is 14.0. The monoisotopic (exact) mass is 455 g/mol. The Balaban J connectivity index is 0.00000312. The summed E-state index contributed by atoms with van der Waals surface area (Å²) >= 11 is 0. The fourth-order valence-corrected chi connectivity index (χ4v) is 2.55. The van der Waals surface area contributed by atoms with Gasteiger partial charge in [-0.25, -0.2) is 4.99 Å². The minimum absolute atomic E-state index is 0. The van der Waals surface area contributed by atoms with Crippen LogP contribution in [0.25, 0.3) is 0 Å². The molecule has 0 fully saturated rings. The number of halogens is 1. The van der Waals surface area contributed by atoms with E-state index < -0.39 is 0 Å². The number of hydrogen-bond acceptors (Lipinski definition) is 2. The lowest BCUT2D eigenvalue weighted by molar-refractivity contribution is 0.462. The smallest absolute Gasteiger partial charge is 0.194 e. The third kappa shape index (κ3) is 6.26. The first-order chi connectivity index (χ1) is 11.5. The van der Waals surface area contributed by atoms with Crippen molar-refractivity contribution in [2.24, 2.45) is 12.0 Å². The fourth-order valence-electron chi connectivity index (χ4n) is 2.55. The highest BCUT2D eigenvalue weighted by atomic mass is 127. The molecular weight excluding hydrogens is 425 g/mol.